The number of carbonyl (C=O) groups is 2. The van der Waals surface area contributed by atoms with E-state index in [0.717, 1.165) is 43.1 Å². The van der Waals surface area contributed by atoms with Crippen LogP contribution in [0.5, 0.6) is 5.75 Å². The molecule has 0 radical (unpaired) electrons. The van der Waals surface area contributed by atoms with Crippen LogP contribution in [0.25, 0.3) is 0 Å². The second kappa shape index (κ2) is 12.3. The quantitative estimate of drug-likeness (QED) is 0.541. The van der Waals surface area contributed by atoms with Crippen LogP contribution in [-0.2, 0) is 4.74 Å². The van der Waals surface area contributed by atoms with Gasteiger partial charge in [-0.2, -0.15) is 0 Å². The molecule has 0 aromatic heterocycles. The third-order valence-corrected chi connectivity index (χ3v) is 7.47. The molecule has 0 saturated carbocycles. The summed E-state index contributed by atoms with van der Waals surface area (Å²) < 4.78 is 10.8. The standard InChI is InChI=1S/C29H40N4O4/c1-5-37-28(34)23-7-6-8-25(19-23)32-15-17-33(18-16-32)29(35)30-24-9-10-27(36-4)26(20-24)22-11-13-31(14-12-22)21(2)3/h6-10,19-22H,5,11-18H2,1-4H3,(H,30,35). The van der Waals surface area contributed by atoms with Crippen LogP contribution in [-0.4, -0.2) is 80.8 Å². The number of carbonyl (C=O) groups excluding carboxylic acids is 2. The van der Waals surface area contributed by atoms with Crippen molar-refractivity contribution in [2.24, 2.45) is 0 Å². The zero-order valence-corrected chi connectivity index (χ0v) is 22.5. The first-order valence-electron chi connectivity index (χ1n) is 13.4. The Balaban J connectivity index is 1.35. The Hall–Kier alpha value is -3.26. The number of piperazine rings is 1. The maximum atomic E-state index is 13.1. The van der Waals surface area contributed by atoms with Gasteiger partial charge in [-0.05, 0) is 94.6 Å². The van der Waals surface area contributed by atoms with E-state index in [-0.39, 0.29) is 12.0 Å². The van der Waals surface area contributed by atoms with E-state index < -0.39 is 0 Å². The summed E-state index contributed by atoms with van der Waals surface area (Å²) in [7, 11) is 1.71. The fraction of sp³-hybridized carbons (Fsp3) is 0.517. The number of hydrogen-bond acceptors (Lipinski definition) is 6. The highest BCUT2D eigenvalue weighted by atomic mass is 16.5. The Morgan fingerprint density at radius 1 is 1.00 bits per heavy atom. The number of ether oxygens (including phenoxy) is 2. The van der Waals surface area contributed by atoms with Crippen molar-refractivity contribution in [2.45, 2.75) is 45.6 Å². The number of nitrogens with zero attached hydrogens (tertiary/aromatic N) is 3. The van der Waals surface area contributed by atoms with Gasteiger partial charge >= 0.3 is 12.0 Å². The van der Waals surface area contributed by atoms with Gasteiger partial charge in [-0.1, -0.05) is 6.07 Å². The molecule has 2 aliphatic heterocycles. The third-order valence-electron chi connectivity index (χ3n) is 7.47. The van der Waals surface area contributed by atoms with Gasteiger partial charge in [0.25, 0.3) is 0 Å². The van der Waals surface area contributed by atoms with Crippen LogP contribution in [0.15, 0.2) is 42.5 Å². The second-order valence-electron chi connectivity index (χ2n) is 10.0. The minimum atomic E-state index is -0.313. The van der Waals surface area contributed by atoms with Crippen LogP contribution in [0.2, 0.25) is 0 Å². The first-order chi connectivity index (χ1) is 17.9. The summed E-state index contributed by atoms with van der Waals surface area (Å²) in [4.78, 5) is 31.7. The van der Waals surface area contributed by atoms with Gasteiger partial charge in [0.15, 0.2) is 0 Å². The molecule has 0 aliphatic carbocycles. The molecule has 200 valence electrons. The number of benzene rings is 2. The number of methoxy groups -OCH3 is 1. The molecule has 0 unspecified atom stereocenters. The normalized spacial score (nSPS) is 17.1. The molecule has 8 heteroatoms. The van der Waals surface area contributed by atoms with Gasteiger partial charge in [0.2, 0.25) is 0 Å². The van der Waals surface area contributed by atoms with E-state index in [1.165, 1.54) is 5.56 Å². The molecule has 0 spiro atoms. The number of piperidine rings is 1. The molecule has 2 heterocycles. The molecule has 0 atom stereocenters. The Bertz CT molecular complexity index is 1070. The van der Waals surface area contributed by atoms with Crippen LogP contribution in [0.3, 0.4) is 0 Å². The Kier molecular flexibility index (Phi) is 8.92. The molecule has 4 rings (SSSR count). The van der Waals surface area contributed by atoms with Crippen molar-refractivity contribution < 1.29 is 19.1 Å². The molecular weight excluding hydrogens is 468 g/mol. The number of hydrogen-bond donors (Lipinski definition) is 1. The maximum absolute atomic E-state index is 13.1. The van der Waals surface area contributed by atoms with Gasteiger partial charge in [-0.3, -0.25) is 0 Å². The first kappa shape index (κ1) is 26.8. The van der Waals surface area contributed by atoms with E-state index >= 15 is 0 Å². The van der Waals surface area contributed by atoms with Crippen molar-refractivity contribution >= 4 is 23.4 Å². The lowest BCUT2D eigenvalue weighted by molar-refractivity contribution is 0.0526. The molecular formula is C29H40N4O4. The fourth-order valence-electron chi connectivity index (χ4n) is 5.27. The molecule has 37 heavy (non-hydrogen) atoms. The minimum Gasteiger partial charge on any atom is -0.496 e. The molecule has 2 aromatic rings. The lowest BCUT2D eigenvalue weighted by Crippen LogP contribution is -2.50. The summed E-state index contributed by atoms with van der Waals surface area (Å²) >= 11 is 0. The van der Waals surface area contributed by atoms with Crippen molar-refractivity contribution in [1.82, 2.24) is 9.80 Å². The van der Waals surface area contributed by atoms with E-state index in [0.29, 0.717) is 50.3 Å². The van der Waals surface area contributed by atoms with Gasteiger partial charge in [0, 0.05) is 43.6 Å². The molecule has 2 aromatic carbocycles. The molecule has 2 fully saturated rings. The number of anilines is 2. The highest BCUT2D eigenvalue weighted by Crippen LogP contribution is 2.36. The minimum absolute atomic E-state index is 0.0920. The Morgan fingerprint density at radius 2 is 1.73 bits per heavy atom. The van der Waals surface area contributed by atoms with E-state index in [2.05, 4.69) is 35.0 Å². The average Bonchev–Trinajstić information content (AvgIpc) is 2.93. The number of esters is 1. The maximum Gasteiger partial charge on any atom is 0.338 e. The number of amides is 2. The smallest absolute Gasteiger partial charge is 0.338 e. The second-order valence-corrected chi connectivity index (χ2v) is 10.0. The third kappa shape index (κ3) is 6.55. The summed E-state index contributed by atoms with van der Waals surface area (Å²) in [5.74, 6) is 1.00. The number of rotatable bonds is 7. The fourth-order valence-corrected chi connectivity index (χ4v) is 5.27. The van der Waals surface area contributed by atoms with E-state index in [1.54, 1.807) is 20.1 Å². The summed E-state index contributed by atoms with van der Waals surface area (Å²) in [6.45, 7) is 11.4. The highest BCUT2D eigenvalue weighted by molar-refractivity contribution is 5.91. The SMILES string of the molecule is CCOC(=O)c1cccc(N2CCN(C(=O)Nc3ccc(OC)c(C4CCN(C(C)C)CC4)c3)CC2)c1. The molecule has 1 N–H and O–H groups in total. The van der Waals surface area contributed by atoms with Crippen molar-refractivity contribution in [1.29, 1.82) is 0 Å². The van der Waals surface area contributed by atoms with Crippen LogP contribution >= 0.6 is 0 Å². The van der Waals surface area contributed by atoms with Gasteiger partial charge in [-0.25, -0.2) is 9.59 Å². The Morgan fingerprint density at radius 3 is 2.38 bits per heavy atom. The van der Waals surface area contributed by atoms with Gasteiger partial charge in [-0.15, -0.1) is 0 Å². The summed E-state index contributed by atoms with van der Waals surface area (Å²) in [6, 6.07) is 13.9. The highest BCUT2D eigenvalue weighted by Gasteiger charge is 2.26. The molecule has 2 aliphatic rings. The zero-order chi connectivity index (χ0) is 26.4. The van der Waals surface area contributed by atoms with Crippen LogP contribution in [0.1, 0.15) is 55.5 Å². The van der Waals surface area contributed by atoms with E-state index in [1.807, 2.05) is 35.2 Å². The topological polar surface area (TPSA) is 74.3 Å². The lowest BCUT2D eigenvalue weighted by atomic mass is 9.88. The van der Waals surface area contributed by atoms with Crippen LogP contribution in [0.4, 0.5) is 16.2 Å². The number of nitrogens with one attached hydrogen (secondary N) is 1. The monoisotopic (exact) mass is 508 g/mol. The van der Waals surface area contributed by atoms with Crippen LogP contribution in [0, 0.1) is 0 Å². The number of likely N-dealkylation sites (tertiary alicyclic amines) is 1. The van der Waals surface area contributed by atoms with Crippen molar-refractivity contribution in [3.05, 3.63) is 53.6 Å². The first-order valence-corrected chi connectivity index (χ1v) is 13.4. The lowest BCUT2D eigenvalue weighted by Gasteiger charge is -2.36. The van der Waals surface area contributed by atoms with Gasteiger partial charge in [0.1, 0.15) is 5.75 Å². The molecule has 2 saturated heterocycles. The Labute approximate surface area is 220 Å². The van der Waals surface area contributed by atoms with Crippen molar-refractivity contribution in [2.75, 3.05) is 63.2 Å². The van der Waals surface area contributed by atoms with E-state index in [9.17, 15) is 9.59 Å². The predicted molar refractivity (Wildman–Crippen MR) is 147 cm³/mol. The molecule has 8 nitrogen and oxygen atoms in total. The molecule has 0 bridgehead atoms. The average molecular weight is 509 g/mol. The van der Waals surface area contributed by atoms with Crippen LogP contribution < -0.4 is 15.0 Å². The van der Waals surface area contributed by atoms with Gasteiger partial charge < -0.3 is 29.5 Å². The largest absolute Gasteiger partial charge is 0.496 e. The molecule has 2 amide bonds. The summed E-state index contributed by atoms with van der Waals surface area (Å²) in [5.41, 5.74) is 3.49. The van der Waals surface area contributed by atoms with Crippen molar-refractivity contribution in [3.63, 3.8) is 0 Å². The van der Waals surface area contributed by atoms with E-state index in [4.69, 9.17) is 9.47 Å². The van der Waals surface area contributed by atoms with Gasteiger partial charge in [0.05, 0.1) is 19.3 Å². The number of urea groups is 1. The zero-order valence-electron chi connectivity index (χ0n) is 22.5. The summed E-state index contributed by atoms with van der Waals surface area (Å²) in [5, 5.41) is 3.10. The predicted octanol–water partition coefficient (Wildman–Crippen LogP) is 4.81. The summed E-state index contributed by atoms with van der Waals surface area (Å²) in [6.07, 6.45) is 2.18. The van der Waals surface area contributed by atoms with Crippen molar-refractivity contribution in [3.8, 4) is 5.75 Å².